The van der Waals surface area contributed by atoms with Crippen LogP contribution in [0.15, 0.2) is 65.6 Å². The number of nitrogens with zero attached hydrogens (tertiary/aromatic N) is 2. The topological polar surface area (TPSA) is 43.7 Å². The van der Waals surface area contributed by atoms with Crippen molar-refractivity contribution < 1.29 is 13.9 Å². The van der Waals surface area contributed by atoms with Gasteiger partial charge in [-0.2, -0.15) is 0 Å². The highest BCUT2D eigenvalue weighted by atomic mass is 19.1. The van der Waals surface area contributed by atoms with Crippen molar-refractivity contribution in [2.24, 2.45) is 0 Å². The number of hydrogen-bond donors (Lipinski definition) is 0. The fourth-order valence-corrected chi connectivity index (χ4v) is 3.52. The number of aromatic nitrogens is 1. The van der Waals surface area contributed by atoms with E-state index < -0.39 is 0 Å². The van der Waals surface area contributed by atoms with Crippen molar-refractivity contribution >= 4 is 0 Å². The van der Waals surface area contributed by atoms with Crippen molar-refractivity contribution in [2.45, 2.75) is 40.0 Å². The Morgan fingerprint density at radius 3 is 2.34 bits per heavy atom. The summed E-state index contributed by atoms with van der Waals surface area (Å²) >= 11 is 0. The summed E-state index contributed by atoms with van der Waals surface area (Å²) in [6, 6.07) is 15.6. The molecular weight excluding hydrogens is 407 g/mol. The van der Waals surface area contributed by atoms with E-state index in [-0.39, 0.29) is 18.0 Å². The van der Waals surface area contributed by atoms with Crippen LogP contribution >= 0.6 is 0 Å². The van der Waals surface area contributed by atoms with E-state index >= 15 is 0 Å². The predicted octanol–water partition coefficient (Wildman–Crippen LogP) is 4.66. The number of methoxy groups -OCH3 is 1. The average Bonchev–Trinajstić information content (AvgIpc) is 2.82. The molecule has 0 aliphatic heterocycles. The Hall–Kier alpha value is -3.12. The predicted molar refractivity (Wildman–Crippen MR) is 125 cm³/mol. The van der Waals surface area contributed by atoms with E-state index in [1.807, 2.05) is 0 Å². The van der Waals surface area contributed by atoms with Crippen LogP contribution in [0.5, 0.6) is 11.5 Å². The molecule has 3 aromatic rings. The number of aryl methyl sites for hydroxylation is 2. The Balaban J connectivity index is 1.60. The first kappa shape index (κ1) is 23.5. The molecule has 1 aromatic heterocycles. The van der Waals surface area contributed by atoms with E-state index in [1.165, 1.54) is 23.8 Å². The number of pyridine rings is 1. The summed E-state index contributed by atoms with van der Waals surface area (Å²) in [4.78, 5) is 14.8. The standard InChI is InChI=1S/C26H31FN2O3/c1-4-28(5-2)18-22-9-6-20(16-25(22)31-3)12-14-29-15-13-24(17-26(29)30)32-19-21-7-10-23(27)11-8-21/h6-11,13,15-17H,4-5,12,14,18-19H2,1-3H3. The van der Waals surface area contributed by atoms with Crippen LogP contribution in [-0.2, 0) is 26.1 Å². The Morgan fingerprint density at radius 1 is 0.969 bits per heavy atom. The van der Waals surface area contributed by atoms with Gasteiger partial charge in [0.05, 0.1) is 7.11 Å². The molecule has 0 aliphatic carbocycles. The Labute approximate surface area is 189 Å². The maximum absolute atomic E-state index is 13.0. The normalized spacial score (nSPS) is 11.0. The fourth-order valence-electron chi connectivity index (χ4n) is 3.52. The molecule has 32 heavy (non-hydrogen) atoms. The molecule has 170 valence electrons. The van der Waals surface area contributed by atoms with Crippen molar-refractivity contribution in [1.29, 1.82) is 0 Å². The van der Waals surface area contributed by atoms with Gasteiger partial charge in [-0.15, -0.1) is 0 Å². The zero-order chi connectivity index (χ0) is 22.9. The molecule has 0 bridgehead atoms. The molecular formula is C26H31FN2O3. The van der Waals surface area contributed by atoms with Crippen molar-refractivity contribution in [3.8, 4) is 11.5 Å². The van der Waals surface area contributed by atoms with Gasteiger partial charge < -0.3 is 14.0 Å². The van der Waals surface area contributed by atoms with E-state index in [2.05, 4.69) is 36.9 Å². The van der Waals surface area contributed by atoms with E-state index in [0.717, 1.165) is 42.9 Å². The van der Waals surface area contributed by atoms with Gasteiger partial charge in [-0.05, 0) is 54.9 Å². The van der Waals surface area contributed by atoms with Crippen LogP contribution in [0, 0.1) is 5.82 Å². The maximum Gasteiger partial charge on any atom is 0.254 e. The molecule has 0 saturated carbocycles. The van der Waals surface area contributed by atoms with Crippen LogP contribution in [-0.4, -0.2) is 29.7 Å². The van der Waals surface area contributed by atoms with Crippen LogP contribution in [0.2, 0.25) is 0 Å². The summed E-state index contributed by atoms with van der Waals surface area (Å²) in [5.41, 5.74) is 3.01. The summed E-state index contributed by atoms with van der Waals surface area (Å²) in [6.45, 7) is 8.00. The molecule has 1 heterocycles. The molecule has 0 atom stereocenters. The molecule has 3 rings (SSSR count). The third kappa shape index (κ3) is 6.44. The van der Waals surface area contributed by atoms with Gasteiger partial charge in [-0.25, -0.2) is 4.39 Å². The van der Waals surface area contributed by atoms with E-state index in [9.17, 15) is 9.18 Å². The second-order valence-corrected chi connectivity index (χ2v) is 7.67. The molecule has 0 N–H and O–H groups in total. The Bertz CT molecular complexity index is 1060. The van der Waals surface area contributed by atoms with Crippen molar-refractivity contribution in [1.82, 2.24) is 9.47 Å². The minimum Gasteiger partial charge on any atom is -0.496 e. The lowest BCUT2D eigenvalue weighted by atomic mass is 10.1. The quantitative estimate of drug-likeness (QED) is 0.437. The highest BCUT2D eigenvalue weighted by molar-refractivity contribution is 5.37. The van der Waals surface area contributed by atoms with Gasteiger partial charge in [-0.1, -0.05) is 38.1 Å². The lowest BCUT2D eigenvalue weighted by Gasteiger charge is -2.20. The first-order chi connectivity index (χ1) is 15.5. The van der Waals surface area contributed by atoms with Gasteiger partial charge in [0.25, 0.3) is 5.56 Å². The highest BCUT2D eigenvalue weighted by Gasteiger charge is 2.09. The zero-order valence-electron chi connectivity index (χ0n) is 19.0. The van der Waals surface area contributed by atoms with Crippen LogP contribution in [0.3, 0.4) is 0 Å². The van der Waals surface area contributed by atoms with Crippen LogP contribution < -0.4 is 15.0 Å². The van der Waals surface area contributed by atoms with Crippen molar-refractivity contribution in [3.05, 3.63) is 93.7 Å². The number of halogens is 1. The summed E-state index contributed by atoms with van der Waals surface area (Å²) in [6.07, 6.45) is 2.46. The van der Waals surface area contributed by atoms with Gasteiger partial charge in [0.2, 0.25) is 0 Å². The first-order valence-electron chi connectivity index (χ1n) is 11.0. The van der Waals surface area contributed by atoms with E-state index in [0.29, 0.717) is 12.3 Å². The zero-order valence-corrected chi connectivity index (χ0v) is 19.0. The highest BCUT2D eigenvalue weighted by Crippen LogP contribution is 2.22. The number of ether oxygens (including phenoxy) is 2. The van der Waals surface area contributed by atoms with Crippen molar-refractivity contribution in [3.63, 3.8) is 0 Å². The molecule has 0 aliphatic rings. The monoisotopic (exact) mass is 438 g/mol. The summed E-state index contributed by atoms with van der Waals surface area (Å²) in [5, 5.41) is 0. The number of rotatable bonds is 11. The van der Waals surface area contributed by atoms with E-state index in [1.54, 1.807) is 36.1 Å². The molecule has 2 aromatic carbocycles. The first-order valence-corrected chi connectivity index (χ1v) is 11.0. The fraction of sp³-hybridized carbons (Fsp3) is 0.346. The largest absolute Gasteiger partial charge is 0.496 e. The molecule has 0 unspecified atom stereocenters. The summed E-state index contributed by atoms with van der Waals surface area (Å²) < 4.78 is 25.9. The van der Waals surface area contributed by atoms with Gasteiger partial charge in [-0.3, -0.25) is 9.69 Å². The third-order valence-corrected chi connectivity index (χ3v) is 5.57. The molecule has 5 nitrogen and oxygen atoms in total. The van der Waals surface area contributed by atoms with Gasteiger partial charge in [0, 0.05) is 30.9 Å². The minimum atomic E-state index is -0.285. The summed E-state index contributed by atoms with van der Waals surface area (Å²) in [5.74, 6) is 1.09. The summed E-state index contributed by atoms with van der Waals surface area (Å²) in [7, 11) is 1.69. The SMILES string of the molecule is CCN(CC)Cc1ccc(CCn2ccc(OCc3ccc(F)cc3)cc2=O)cc1OC. The van der Waals surface area contributed by atoms with Gasteiger partial charge in [0.1, 0.15) is 23.9 Å². The molecule has 0 fully saturated rings. The Morgan fingerprint density at radius 2 is 1.69 bits per heavy atom. The minimum absolute atomic E-state index is 0.119. The van der Waals surface area contributed by atoms with Crippen molar-refractivity contribution in [2.75, 3.05) is 20.2 Å². The van der Waals surface area contributed by atoms with Gasteiger partial charge >= 0.3 is 0 Å². The molecule has 0 amide bonds. The lowest BCUT2D eigenvalue weighted by molar-refractivity contribution is 0.289. The van der Waals surface area contributed by atoms with Crippen LogP contribution in [0.4, 0.5) is 4.39 Å². The van der Waals surface area contributed by atoms with E-state index in [4.69, 9.17) is 9.47 Å². The third-order valence-electron chi connectivity index (χ3n) is 5.57. The maximum atomic E-state index is 13.0. The number of benzene rings is 2. The lowest BCUT2D eigenvalue weighted by Crippen LogP contribution is -2.22. The molecule has 0 radical (unpaired) electrons. The number of hydrogen-bond acceptors (Lipinski definition) is 4. The van der Waals surface area contributed by atoms with Crippen LogP contribution in [0.25, 0.3) is 0 Å². The van der Waals surface area contributed by atoms with Gasteiger partial charge in [0.15, 0.2) is 0 Å². The average molecular weight is 439 g/mol. The Kier molecular flexibility index (Phi) is 8.45. The van der Waals surface area contributed by atoms with Crippen LogP contribution in [0.1, 0.15) is 30.5 Å². The molecule has 0 spiro atoms. The second kappa shape index (κ2) is 11.5. The molecule has 0 saturated heterocycles. The smallest absolute Gasteiger partial charge is 0.254 e. The molecule has 6 heteroatoms. The second-order valence-electron chi connectivity index (χ2n) is 7.67.